The molecule has 0 atom stereocenters. The summed E-state index contributed by atoms with van der Waals surface area (Å²) < 4.78 is 0. The highest BCUT2D eigenvalue weighted by Crippen LogP contribution is 2.19. The summed E-state index contributed by atoms with van der Waals surface area (Å²) in [5, 5.41) is 5.35. The summed E-state index contributed by atoms with van der Waals surface area (Å²) in [4.78, 5) is 17.5. The standard InChI is InChI=1S/C14H23N3OS/c1-3-12-4-11-19-13(12)14(18)16(2)9-10-17-7-5-15-6-8-17/h4,11,15H,3,5-10H2,1-2H3. The average Bonchev–Trinajstić information content (AvgIpc) is 2.93. The Labute approximate surface area is 119 Å². The van der Waals surface area contributed by atoms with E-state index < -0.39 is 0 Å². The lowest BCUT2D eigenvalue weighted by Gasteiger charge is -2.29. The molecule has 5 heteroatoms. The summed E-state index contributed by atoms with van der Waals surface area (Å²) in [5.74, 6) is 0.169. The molecular weight excluding hydrogens is 258 g/mol. The van der Waals surface area contributed by atoms with Gasteiger partial charge in [0.05, 0.1) is 4.88 Å². The molecule has 1 aromatic rings. The van der Waals surface area contributed by atoms with Crippen molar-refractivity contribution in [2.24, 2.45) is 0 Å². The first-order valence-electron chi connectivity index (χ1n) is 6.97. The zero-order chi connectivity index (χ0) is 13.7. The lowest BCUT2D eigenvalue weighted by molar-refractivity contribution is 0.0778. The van der Waals surface area contributed by atoms with Crippen LogP contribution in [0.3, 0.4) is 0 Å². The summed E-state index contributed by atoms with van der Waals surface area (Å²) in [5.41, 5.74) is 1.17. The van der Waals surface area contributed by atoms with E-state index in [4.69, 9.17) is 0 Å². The first-order valence-corrected chi connectivity index (χ1v) is 7.85. The Morgan fingerprint density at radius 1 is 1.47 bits per heavy atom. The monoisotopic (exact) mass is 281 g/mol. The Morgan fingerprint density at radius 3 is 2.89 bits per heavy atom. The SMILES string of the molecule is CCc1ccsc1C(=O)N(C)CCN1CCNCC1. The molecule has 0 saturated carbocycles. The maximum Gasteiger partial charge on any atom is 0.263 e. The normalized spacial score (nSPS) is 16.5. The lowest BCUT2D eigenvalue weighted by Crippen LogP contribution is -2.46. The van der Waals surface area contributed by atoms with Gasteiger partial charge in [-0.05, 0) is 23.4 Å². The number of carbonyl (C=O) groups is 1. The van der Waals surface area contributed by atoms with E-state index in [1.807, 2.05) is 17.3 Å². The van der Waals surface area contributed by atoms with Crippen LogP contribution < -0.4 is 5.32 Å². The summed E-state index contributed by atoms with van der Waals surface area (Å²) >= 11 is 1.56. The second-order valence-corrected chi connectivity index (χ2v) is 5.86. The Balaban J connectivity index is 1.85. The first kappa shape index (κ1) is 14.5. The van der Waals surface area contributed by atoms with E-state index >= 15 is 0 Å². The third-order valence-corrected chi connectivity index (χ3v) is 4.57. The van der Waals surface area contributed by atoms with E-state index in [0.29, 0.717) is 0 Å². The van der Waals surface area contributed by atoms with Gasteiger partial charge in [-0.2, -0.15) is 0 Å². The molecule has 2 heterocycles. The van der Waals surface area contributed by atoms with Crippen molar-refractivity contribution in [1.29, 1.82) is 0 Å². The van der Waals surface area contributed by atoms with Crippen LogP contribution in [0.1, 0.15) is 22.2 Å². The predicted molar refractivity (Wildman–Crippen MR) is 80.0 cm³/mol. The van der Waals surface area contributed by atoms with Gasteiger partial charge in [-0.3, -0.25) is 9.69 Å². The Bertz CT molecular complexity index is 413. The number of carbonyl (C=O) groups excluding carboxylic acids is 1. The number of rotatable bonds is 5. The predicted octanol–water partition coefficient (Wildman–Crippen LogP) is 1.29. The molecular formula is C14H23N3OS. The van der Waals surface area contributed by atoms with Crippen LogP contribution in [0.2, 0.25) is 0 Å². The minimum atomic E-state index is 0.169. The molecule has 19 heavy (non-hydrogen) atoms. The maximum absolute atomic E-state index is 12.4. The van der Waals surface area contributed by atoms with Crippen LogP contribution >= 0.6 is 11.3 Å². The molecule has 1 aliphatic rings. The fourth-order valence-corrected chi connectivity index (χ4v) is 3.29. The number of thiophene rings is 1. The summed E-state index contributed by atoms with van der Waals surface area (Å²) in [6.45, 7) is 8.16. The molecule has 1 amide bonds. The van der Waals surface area contributed by atoms with Crippen molar-refractivity contribution in [3.8, 4) is 0 Å². The average molecular weight is 281 g/mol. The highest BCUT2D eigenvalue weighted by molar-refractivity contribution is 7.12. The number of amides is 1. The number of likely N-dealkylation sites (N-methyl/N-ethyl adjacent to an activating group) is 1. The zero-order valence-electron chi connectivity index (χ0n) is 11.8. The minimum absolute atomic E-state index is 0.169. The van der Waals surface area contributed by atoms with Gasteiger partial charge in [0, 0.05) is 46.3 Å². The van der Waals surface area contributed by atoms with Crippen LogP contribution in [0.25, 0.3) is 0 Å². The van der Waals surface area contributed by atoms with Crippen molar-refractivity contribution in [2.45, 2.75) is 13.3 Å². The molecule has 1 aliphatic heterocycles. The first-order chi connectivity index (χ1) is 9.22. The van der Waals surface area contributed by atoms with Crippen LogP contribution in [0, 0.1) is 0 Å². The van der Waals surface area contributed by atoms with E-state index in [1.54, 1.807) is 11.3 Å². The molecule has 0 aliphatic carbocycles. The molecule has 0 radical (unpaired) electrons. The third kappa shape index (κ3) is 3.78. The number of nitrogens with one attached hydrogen (secondary N) is 1. The number of hydrogen-bond donors (Lipinski definition) is 1. The van der Waals surface area contributed by atoms with Crippen molar-refractivity contribution < 1.29 is 4.79 Å². The number of hydrogen-bond acceptors (Lipinski definition) is 4. The molecule has 1 saturated heterocycles. The second kappa shape index (κ2) is 7.03. The van der Waals surface area contributed by atoms with Crippen LogP contribution in [0.4, 0.5) is 0 Å². The fourth-order valence-electron chi connectivity index (χ4n) is 2.30. The largest absolute Gasteiger partial charge is 0.340 e. The van der Waals surface area contributed by atoms with Crippen molar-refractivity contribution in [3.05, 3.63) is 21.9 Å². The minimum Gasteiger partial charge on any atom is -0.340 e. The highest BCUT2D eigenvalue weighted by Gasteiger charge is 2.17. The van der Waals surface area contributed by atoms with Gasteiger partial charge in [-0.1, -0.05) is 6.92 Å². The summed E-state index contributed by atoms with van der Waals surface area (Å²) in [7, 11) is 1.91. The Morgan fingerprint density at radius 2 is 2.21 bits per heavy atom. The van der Waals surface area contributed by atoms with Gasteiger partial charge in [-0.15, -0.1) is 11.3 Å². The Kier molecular flexibility index (Phi) is 5.36. The second-order valence-electron chi connectivity index (χ2n) is 4.95. The molecule has 1 aromatic heterocycles. The molecule has 0 spiro atoms. The van der Waals surface area contributed by atoms with E-state index in [-0.39, 0.29) is 5.91 Å². The van der Waals surface area contributed by atoms with E-state index in [9.17, 15) is 4.79 Å². The lowest BCUT2D eigenvalue weighted by atomic mass is 10.2. The van der Waals surface area contributed by atoms with E-state index in [1.165, 1.54) is 5.56 Å². The van der Waals surface area contributed by atoms with E-state index in [2.05, 4.69) is 23.2 Å². The molecule has 1 fully saturated rings. The fraction of sp³-hybridized carbons (Fsp3) is 0.643. The van der Waals surface area contributed by atoms with Crippen molar-refractivity contribution >= 4 is 17.2 Å². The molecule has 2 rings (SSSR count). The number of nitrogens with zero attached hydrogens (tertiary/aromatic N) is 2. The van der Waals surface area contributed by atoms with Crippen molar-refractivity contribution in [2.75, 3.05) is 46.3 Å². The van der Waals surface area contributed by atoms with Gasteiger partial charge in [0.2, 0.25) is 0 Å². The number of aryl methyl sites for hydroxylation is 1. The Hall–Kier alpha value is -0.910. The number of piperazine rings is 1. The quantitative estimate of drug-likeness (QED) is 0.883. The molecule has 0 unspecified atom stereocenters. The van der Waals surface area contributed by atoms with Gasteiger partial charge in [0.25, 0.3) is 5.91 Å². The van der Waals surface area contributed by atoms with Crippen LogP contribution in [0.15, 0.2) is 11.4 Å². The molecule has 106 valence electrons. The summed E-state index contributed by atoms with van der Waals surface area (Å²) in [6, 6.07) is 2.06. The van der Waals surface area contributed by atoms with Gasteiger partial charge >= 0.3 is 0 Å². The molecule has 0 bridgehead atoms. The molecule has 4 nitrogen and oxygen atoms in total. The molecule has 0 aromatic carbocycles. The zero-order valence-corrected chi connectivity index (χ0v) is 12.6. The van der Waals surface area contributed by atoms with Crippen LogP contribution in [-0.4, -0.2) is 62.0 Å². The third-order valence-electron chi connectivity index (χ3n) is 3.63. The van der Waals surface area contributed by atoms with Gasteiger partial charge in [-0.25, -0.2) is 0 Å². The van der Waals surface area contributed by atoms with Gasteiger partial charge < -0.3 is 10.2 Å². The van der Waals surface area contributed by atoms with Crippen LogP contribution in [-0.2, 0) is 6.42 Å². The van der Waals surface area contributed by atoms with Crippen molar-refractivity contribution in [3.63, 3.8) is 0 Å². The molecule has 1 N–H and O–H groups in total. The van der Waals surface area contributed by atoms with Gasteiger partial charge in [0.1, 0.15) is 0 Å². The van der Waals surface area contributed by atoms with E-state index in [0.717, 1.165) is 50.6 Å². The highest BCUT2D eigenvalue weighted by atomic mass is 32.1. The van der Waals surface area contributed by atoms with Crippen LogP contribution in [0.5, 0.6) is 0 Å². The van der Waals surface area contributed by atoms with Gasteiger partial charge in [0.15, 0.2) is 0 Å². The smallest absolute Gasteiger partial charge is 0.263 e. The summed E-state index contributed by atoms with van der Waals surface area (Å²) in [6.07, 6.45) is 0.927. The maximum atomic E-state index is 12.4. The topological polar surface area (TPSA) is 35.6 Å². The van der Waals surface area contributed by atoms with Crippen molar-refractivity contribution in [1.82, 2.24) is 15.1 Å².